The lowest BCUT2D eigenvalue weighted by molar-refractivity contribution is -0.137. The van der Waals surface area contributed by atoms with E-state index in [1.165, 1.54) is 32.1 Å². The Bertz CT molecular complexity index is 318. The highest BCUT2D eigenvalue weighted by Gasteiger charge is 2.37. The van der Waals surface area contributed by atoms with E-state index in [4.69, 9.17) is 0 Å². The van der Waals surface area contributed by atoms with Gasteiger partial charge in [0, 0.05) is 19.0 Å². The molecule has 18 heavy (non-hydrogen) atoms. The Morgan fingerprint density at radius 3 is 2.50 bits per heavy atom. The van der Waals surface area contributed by atoms with Crippen LogP contribution in [0.15, 0.2) is 0 Å². The van der Waals surface area contributed by atoms with Crippen LogP contribution in [-0.4, -0.2) is 35.1 Å². The van der Waals surface area contributed by atoms with E-state index < -0.39 is 0 Å². The maximum absolute atomic E-state index is 12.4. The van der Waals surface area contributed by atoms with Gasteiger partial charge in [0.25, 0.3) is 0 Å². The topological polar surface area (TPSA) is 40.5 Å². The van der Waals surface area contributed by atoms with Gasteiger partial charge in [0.15, 0.2) is 0 Å². The third-order valence-corrected chi connectivity index (χ3v) is 5.36. The van der Waals surface area contributed by atoms with Crippen LogP contribution in [0.4, 0.5) is 0 Å². The second-order valence-electron chi connectivity index (χ2n) is 6.54. The summed E-state index contributed by atoms with van der Waals surface area (Å²) in [4.78, 5) is 14.3. The Kier molecular flexibility index (Phi) is 3.60. The minimum Gasteiger partial charge on any atom is -0.391 e. The highest BCUT2D eigenvalue weighted by molar-refractivity contribution is 5.79. The summed E-state index contributed by atoms with van der Waals surface area (Å²) in [5, 5.41) is 9.54. The Balaban J connectivity index is 1.58. The molecule has 0 aromatic carbocycles. The van der Waals surface area contributed by atoms with Gasteiger partial charge in [-0.15, -0.1) is 0 Å². The van der Waals surface area contributed by atoms with Crippen LogP contribution < -0.4 is 0 Å². The van der Waals surface area contributed by atoms with Crippen LogP contribution in [0.5, 0.6) is 0 Å². The molecule has 1 amide bonds. The van der Waals surface area contributed by atoms with Gasteiger partial charge in [-0.1, -0.05) is 25.7 Å². The third kappa shape index (κ3) is 2.42. The molecule has 0 aromatic heterocycles. The molecule has 3 nitrogen and oxygen atoms in total. The van der Waals surface area contributed by atoms with Gasteiger partial charge in [-0.05, 0) is 37.5 Å². The molecule has 0 unspecified atom stereocenters. The molecule has 1 N–H and O–H groups in total. The maximum atomic E-state index is 12.4. The number of fused-ring (bicyclic) bond motifs is 1. The highest BCUT2D eigenvalue weighted by atomic mass is 16.3. The summed E-state index contributed by atoms with van der Waals surface area (Å²) < 4.78 is 0. The van der Waals surface area contributed by atoms with Gasteiger partial charge in [-0.25, -0.2) is 0 Å². The van der Waals surface area contributed by atoms with Crippen molar-refractivity contribution in [3.05, 3.63) is 0 Å². The predicted octanol–water partition coefficient (Wildman–Crippen LogP) is 2.19. The molecule has 0 bridgehead atoms. The fourth-order valence-electron chi connectivity index (χ4n) is 4.30. The number of likely N-dealkylation sites (tertiary alicyclic amines) is 1. The first kappa shape index (κ1) is 12.5. The number of aliphatic hydroxyl groups excluding tert-OH is 1. The van der Waals surface area contributed by atoms with Gasteiger partial charge in [-0.2, -0.15) is 0 Å². The van der Waals surface area contributed by atoms with Crippen LogP contribution in [0.2, 0.25) is 0 Å². The minimum atomic E-state index is -0.278. The summed E-state index contributed by atoms with van der Waals surface area (Å²) in [6.45, 7) is 1.34. The van der Waals surface area contributed by atoms with Crippen molar-refractivity contribution in [3.8, 4) is 0 Å². The Morgan fingerprint density at radius 2 is 1.78 bits per heavy atom. The van der Waals surface area contributed by atoms with Crippen molar-refractivity contribution in [3.63, 3.8) is 0 Å². The zero-order chi connectivity index (χ0) is 12.5. The van der Waals surface area contributed by atoms with Gasteiger partial charge in [0.1, 0.15) is 0 Å². The first-order valence-electron chi connectivity index (χ1n) is 7.71. The molecule has 1 aliphatic heterocycles. The second kappa shape index (κ2) is 5.20. The maximum Gasteiger partial charge on any atom is 0.225 e. The first-order valence-corrected chi connectivity index (χ1v) is 7.71. The van der Waals surface area contributed by atoms with Crippen molar-refractivity contribution in [2.75, 3.05) is 13.1 Å². The third-order valence-electron chi connectivity index (χ3n) is 5.36. The quantitative estimate of drug-likeness (QED) is 0.776. The molecule has 0 radical (unpaired) electrons. The fourth-order valence-corrected chi connectivity index (χ4v) is 4.30. The molecule has 0 aromatic rings. The molecule has 3 aliphatic rings. The van der Waals surface area contributed by atoms with Crippen LogP contribution >= 0.6 is 0 Å². The monoisotopic (exact) mass is 251 g/mol. The number of nitrogens with zero attached hydrogens (tertiary/aromatic N) is 1. The van der Waals surface area contributed by atoms with Crippen molar-refractivity contribution in [1.29, 1.82) is 0 Å². The number of hydrogen-bond acceptors (Lipinski definition) is 2. The number of carbonyl (C=O) groups is 1. The Hall–Kier alpha value is -0.570. The van der Waals surface area contributed by atoms with Gasteiger partial charge >= 0.3 is 0 Å². The summed E-state index contributed by atoms with van der Waals surface area (Å²) in [5.74, 6) is 2.31. The first-order chi connectivity index (χ1) is 8.74. The van der Waals surface area contributed by atoms with Crippen LogP contribution in [0.1, 0.15) is 51.4 Å². The summed E-state index contributed by atoms with van der Waals surface area (Å²) in [6.07, 6.45) is 9.47. The van der Waals surface area contributed by atoms with Gasteiger partial charge < -0.3 is 10.0 Å². The standard InChI is InChI=1S/C15H25NO2/c17-14-7-8-16(10-14)15(18)13-6-5-11-3-1-2-4-12(11)9-13/h11-14,17H,1-10H2/t11-,12-,13-,14-/m1/s1. The molecular formula is C15H25NO2. The lowest BCUT2D eigenvalue weighted by Gasteiger charge is -2.39. The number of β-amino-alcohol motifs (C(OH)–C–C–N with tert-alkyl or cyclic N) is 1. The number of carbonyl (C=O) groups excluding carboxylic acids is 1. The van der Waals surface area contributed by atoms with Crippen molar-refractivity contribution in [2.45, 2.75) is 57.5 Å². The zero-order valence-corrected chi connectivity index (χ0v) is 11.2. The summed E-state index contributed by atoms with van der Waals surface area (Å²) >= 11 is 0. The van der Waals surface area contributed by atoms with Crippen LogP contribution in [0.25, 0.3) is 0 Å². The summed E-state index contributed by atoms with van der Waals surface area (Å²) in [6, 6.07) is 0. The normalized spacial score (nSPS) is 40.6. The van der Waals surface area contributed by atoms with E-state index in [1.54, 1.807) is 0 Å². The van der Waals surface area contributed by atoms with Crippen molar-refractivity contribution >= 4 is 5.91 Å². The van der Waals surface area contributed by atoms with E-state index in [9.17, 15) is 9.90 Å². The highest BCUT2D eigenvalue weighted by Crippen LogP contribution is 2.43. The van der Waals surface area contributed by atoms with Crippen molar-refractivity contribution < 1.29 is 9.90 Å². The lowest BCUT2D eigenvalue weighted by Crippen LogP contribution is -2.39. The van der Waals surface area contributed by atoms with E-state index in [2.05, 4.69) is 0 Å². The fraction of sp³-hybridized carbons (Fsp3) is 0.933. The van der Waals surface area contributed by atoms with Gasteiger partial charge in [-0.3, -0.25) is 4.79 Å². The SMILES string of the molecule is O=C([C@@H]1CC[C@H]2CCCC[C@@H]2C1)N1CC[C@@H](O)C1. The van der Waals surface area contributed by atoms with Crippen LogP contribution in [-0.2, 0) is 4.79 Å². The molecule has 102 valence electrons. The number of rotatable bonds is 1. The summed E-state index contributed by atoms with van der Waals surface area (Å²) in [7, 11) is 0. The molecule has 2 aliphatic carbocycles. The zero-order valence-electron chi connectivity index (χ0n) is 11.2. The summed E-state index contributed by atoms with van der Waals surface area (Å²) in [5.41, 5.74) is 0. The number of aliphatic hydroxyl groups is 1. The smallest absolute Gasteiger partial charge is 0.225 e. The lowest BCUT2D eigenvalue weighted by atomic mass is 9.67. The minimum absolute atomic E-state index is 0.259. The number of amides is 1. The average Bonchev–Trinajstić information content (AvgIpc) is 2.84. The Morgan fingerprint density at radius 1 is 1.00 bits per heavy atom. The Labute approximate surface area is 110 Å². The van der Waals surface area contributed by atoms with E-state index in [1.807, 2.05) is 4.90 Å². The van der Waals surface area contributed by atoms with E-state index in [0.29, 0.717) is 12.5 Å². The van der Waals surface area contributed by atoms with E-state index >= 15 is 0 Å². The van der Waals surface area contributed by atoms with Crippen LogP contribution in [0, 0.1) is 17.8 Å². The van der Waals surface area contributed by atoms with Crippen LogP contribution in [0.3, 0.4) is 0 Å². The molecule has 2 saturated carbocycles. The molecule has 1 saturated heterocycles. The predicted molar refractivity (Wildman–Crippen MR) is 70.0 cm³/mol. The van der Waals surface area contributed by atoms with Crippen molar-refractivity contribution in [2.24, 2.45) is 17.8 Å². The van der Waals surface area contributed by atoms with E-state index in [-0.39, 0.29) is 12.0 Å². The molecule has 1 heterocycles. The van der Waals surface area contributed by atoms with Crippen molar-refractivity contribution in [1.82, 2.24) is 4.90 Å². The molecule has 0 spiro atoms. The molecule has 3 fully saturated rings. The number of hydrogen-bond donors (Lipinski definition) is 1. The molecule has 3 heteroatoms. The van der Waals surface area contributed by atoms with Gasteiger partial charge in [0.2, 0.25) is 5.91 Å². The molecule has 4 atom stereocenters. The second-order valence-corrected chi connectivity index (χ2v) is 6.54. The molecule has 3 rings (SSSR count). The molecular weight excluding hydrogens is 226 g/mol. The van der Waals surface area contributed by atoms with Gasteiger partial charge in [0.05, 0.1) is 6.10 Å². The average molecular weight is 251 g/mol. The van der Waals surface area contributed by atoms with E-state index in [0.717, 1.165) is 37.6 Å². The largest absolute Gasteiger partial charge is 0.391 e.